The predicted molar refractivity (Wildman–Crippen MR) is 75.2 cm³/mol. The van der Waals surface area contributed by atoms with Gasteiger partial charge in [-0.1, -0.05) is 19.9 Å². The minimum absolute atomic E-state index is 0.580. The molecule has 1 aromatic rings. The Labute approximate surface area is 105 Å². The van der Waals surface area contributed by atoms with Gasteiger partial charge in [-0.25, -0.2) is 0 Å². The molecule has 17 heavy (non-hydrogen) atoms. The molecule has 0 amide bonds. The maximum absolute atomic E-state index is 6.05. The first-order valence-electron chi connectivity index (χ1n) is 6.69. The molecule has 0 aliphatic heterocycles. The van der Waals surface area contributed by atoms with Gasteiger partial charge in [-0.2, -0.15) is 0 Å². The summed E-state index contributed by atoms with van der Waals surface area (Å²) in [5, 5.41) is 3.62. The third kappa shape index (κ3) is 2.93. The highest BCUT2D eigenvalue weighted by molar-refractivity contribution is 5.67. The summed E-state index contributed by atoms with van der Waals surface area (Å²) in [7, 11) is 0. The molecule has 0 radical (unpaired) electrons. The number of nitrogens with one attached hydrogen (secondary N) is 1. The van der Waals surface area contributed by atoms with Gasteiger partial charge < -0.3 is 11.1 Å². The van der Waals surface area contributed by atoms with Crippen LogP contribution in [0.4, 0.5) is 11.4 Å². The zero-order valence-corrected chi connectivity index (χ0v) is 11.2. The second kappa shape index (κ2) is 4.99. The molecule has 2 nitrogen and oxygen atoms in total. The molecular formula is C15H24N2. The Morgan fingerprint density at radius 2 is 2.00 bits per heavy atom. The number of anilines is 2. The summed E-state index contributed by atoms with van der Waals surface area (Å²) in [4.78, 5) is 0. The Morgan fingerprint density at radius 1 is 1.24 bits per heavy atom. The zero-order chi connectivity index (χ0) is 12.4. The van der Waals surface area contributed by atoms with Crippen LogP contribution in [-0.4, -0.2) is 6.04 Å². The van der Waals surface area contributed by atoms with Gasteiger partial charge in [-0.3, -0.25) is 0 Å². The Bertz CT molecular complexity index is 387. The van der Waals surface area contributed by atoms with E-state index in [1.165, 1.54) is 24.8 Å². The van der Waals surface area contributed by atoms with Crippen LogP contribution in [-0.2, 0) is 0 Å². The van der Waals surface area contributed by atoms with Crippen LogP contribution in [0.2, 0.25) is 0 Å². The molecular weight excluding hydrogens is 208 g/mol. The van der Waals surface area contributed by atoms with Crippen molar-refractivity contribution in [1.82, 2.24) is 0 Å². The van der Waals surface area contributed by atoms with Crippen molar-refractivity contribution >= 4 is 11.4 Å². The van der Waals surface area contributed by atoms with Crippen molar-refractivity contribution in [2.75, 3.05) is 11.1 Å². The average molecular weight is 232 g/mol. The highest BCUT2D eigenvalue weighted by atomic mass is 14.9. The molecule has 94 valence electrons. The first kappa shape index (κ1) is 12.3. The summed E-state index contributed by atoms with van der Waals surface area (Å²) in [5.41, 5.74) is 9.24. The fourth-order valence-corrected chi connectivity index (χ4v) is 2.89. The monoisotopic (exact) mass is 232 g/mol. The van der Waals surface area contributed by atoms with E-state index in [1.807, 2.05) is 6.07 Å². The summed E-state index contributed by atoms with van der Waals surface area (Å²) in [6, 6.07) is 6.85. The lowest BCUT2D eigenvalue weighted by molar-refractivity contribution is 0.276. The third-order valence-electron chi connectivity index (χ3n) is 3.98. The second-order valence-corrected chi connectivity index (χ2v) is 5.74. The molecule has 0 heterocycles. The number of hydrogen-bond acceptors (Lipinski definition) is 2. The molecule has 1 fully saturated rings. The number of rotatable bonds is 2. The van der Waals surface area contributed by atoms with Crippen LogP contribution in [0.25, 0.3) is 0 Å². The largest absolute Gasteiger partial charge is 0.397 e. The normalized spacial score (nSPS) is 29.0. The molecule has 2 rings (SSSR count). The van der Waals surface area contributed by atoms with E-state index in [4.69, 9.17) is 5.73 Å². The Balaban J connectivity index is 2.05. The minimum atomic E-state index is 0.580. The fraction of sp³-hybridized carbons (Fsp3) is 0.600. The molecule has 3 atom stereocenters. The number of nitrogens with two attached hydrogens (primary N) is 1. The highest BCUT2D eigenvalue weighted by Gasteiger charge is 2.25. The molecule has 2 heteroatoms. The van der Waals surface area contributed by atoms with Gasteiger partial charge in [0.25, 0.3) is 0 Å². The van der Waals surface area contributed by atoms with E-state index in [0.29, 0.717) is 6.04 Å². The lowest BCUT2D eigenvalue weighted by Gasteiger charge is -2.34. The molecule has 1 saturated carbocycles. The van der Waals surface area contributed by atoms with Crippen LogP contribution in [0.3, 0.4) is 0 Å². The van der Waals surface area contributed by atoms with Crippen LogP contribution in [0.15, 0.2) is 18.2 Å². The van der Waals surface area contributed by atoms with E-state index in [0.717, 1.165) is 23.2 Å². The molecule has 0 saturated heterocycles. The maximum atomic E-state index is 6.05. The van der Waals surface area contributed by atoms with E-state index in [-0.39, 0.29) is 0 Å². The van der Waals surface area contributed by atoms with Gasteiger partial charge in [0.2, 0.25) is 0 Å². The van der Waals surface area contributed by atoms with E-state index in [2.05, 4.69) is 38.2 Å². The summed E-state index contributed by atoms with van der Waals surface area (Å²) < 4.78 is 0. The van der Waals surface area contributed by atoms with Gasteiger partial charge >= 0.3 is 0 Å². The van der Waals surface area contributed by atoms with E-state index in [1.54, 1.807) is 0 Å². The van der Waals surface area contributed by atoms with Crippen LogP contribution in [0.5, 0.6) is 0 Å². The topological polar surface area (TPSA) is 38.0 Å². The van der Waals surface area contributed by atoms with Crippen LogP contribution >= 0.6 is 0 Å². The quantitative estimate of drug-likeness (QED) is 0.761. The molecule has 0 aromatic heterocycles. The summed E-state index contributed by atoms with van der Waals surface area (Å²) in [6.07, 6.45) is 3.91. The molecule has 0 spiro atoms. The second-order valence-electron chi connectivity index (χ2n) is 5.74. The predicted octanol–water partition coefficient (Wildman–Crippen LogP) is 3.81. The Morgan fingerprint density at radius 3 is 2.65 bits per heavy atom. The first-order valence-corrected chi connectivity index (χ1v) is 6.69. The highest BCUT2D eigenvalue weighted by Crippen LogP contribution is 2.32. The van der Waals surface area contributed by atoms with Crippen molar-refractivity contribution in [2.45, 2.75) is 46.1 Å². The first-order chi connectivity index (χ1) is 8.06. The van der Waals surface area contributed by atoms with Crippen molar-refractivity contribution in [3.63, 3.8) is 0 Å². The molecule has 1 aliphatic rings. The summed E-state index contributed by atoms with van der Waals surface area (Å²) in [6.45, 7) is 6.77. The van der Waals surface area contributed by atoms with Crippen molar-refractivity contribution in [3.05, 3.63) is 23.8 Å². The van der Waals surface area contributed by atoms with Gasteiger partial charge in [0, 0.05) is 6.04 Å². The van der Waals surface area contributed by atoms with E-state index >= 15 is 0 Å². The van der Waals surface area contributed by atoms with Gasteiger partial charge in [0.15, 0.2) is 0 Å². The van der Waals surface area contributed by atoms with Gasteiger partial charge in [0.1, 0.15) is 0 Å². The Kier molecular flexibility index (Phi) is 3.60. The Hall–Kier alpha value is -1.18. The SMILES string of the molecule is Cc1ccc(NC2CCC(C)CC2C)c(N)c1. The number of nitrogen functional groups attached to an aromatic ring is 1. The van der Waals surface area contributed by atoms with Crippen molar-refractivity contribution < 1.29 is 0 Å². The molecule has 0 bridgehead atoms. The van der Waals surface area contributed by atoms with Crippen molar-refractivity contribution in [1.29, 1.82) is 0 Å². The standard InChI is InChI=1S/C15H24N2/c1-10-4-6-14(12(3)8-10)17-15-7-5-11(2)9-13(15)16/h5,7,9-10,12,14,17H,4,6,8,16H2,1-3H3. The number of benzene rings is 1. The number of hydrogen-bond donors (Lipinski definition) is 2. The zero-order valence-electron chi connectivity index (χ0n) is 11.2. The minimum Gasteiger partial charge on any atom is -0.397 e. The van der Waals surface area contributed by atoms with Crippen molar-refractivity contribution in [3.8, 4) is 0 Å². The smallest absolute Gasteiger partial charge is 0.0576 e. The van der Waals surface area contributed by atoms with Crippen molar-refractivity contribution in [2.24, 2.45) is 11.8 Å². The molecule has 3 N–H and O–H groups in total. The summed E-state index contributed by atoms with van der Waals surface area (Å²) in [5.74, 6) is 1.61. The van der Waals surface area contributed by atoms with Crippen LogP contribution < -0.4 is 11.1 Å². The summed E-state index contributed by atoms with van der Waals surface area (Å²) >= 11 is 0. The average Bonchev–Trinajstić information content (AvgIpc) is 2.25. The molecule has 1 aromatic carbocycles. The van der Waals surface area contributed by atoms with E-state index < -0.39 is 0 Å². The lowest BCUT2D eigenvalue weighted by atomic mass is 9.80. The van der Waals surface area contributed by atoms with Crippen LogP contribution in [0, 0.1) is 18.8 Å². The molecule has 1 aliphatic carbocycles. The molecule has 3 unspecified atom stereocenters. The number of aryl methyl sites for hydroxylation is 1. The van der Waals surface area contributed by atoms with E-state index in [9.17, 15) is 0 Å². The van der Waals surface area contributed by atoms with Gasteiger partial charge in [-0.05, 0) is 55.7 Å². The lowest BCUT2D eigenvalue weighted by Crippen LogP contribution is -2.33. The van der Waals surface area contributed by atoms with Crippen LogP contribution in [0.1, 0.15) is 38.7 Å². The van der Waals surface area contributed by atoms with Gasteiger partial charge in [0.05, 0.1) is 11.4 Å². The van der Waals surface area contributed by atoms with Gasteiger partial charge in [-0.15, -0.1) is 0 Å². The fourth-order valence-electron chi connectivity index (χ4n) is 2.89. The maximum Gasteiger partial charge on any atom is 0.0576 e. The third-order valence-corrected chi connectivity index (χ3v) is 3.98.